The number of rotatable bonds is 3. The first-order valence-corrected chi connectivity index (χ1v) is 5.95. The van der Waals surface area contributed by atoms with E-state index in [0.29, 0.717) is 0 Å². The van der Waals surface area contributed by atoms with Crippen LogP contribution >= 0.6 is 0 Å². The second kappa shape index (κ2) is 5.17. The molecule has 0 unspecified atom stereocenters. The molecule has 0 bridgehead atoms. The number of anilines is 1. The van der Waals surface area contributed by atoms with Crippen molar-refractivity contribution in [3.05, 3.63) is 22.7 Å². The fourth-order valence-electron chi connectivity index (χ4n) is 2.25. The largest absolute Gasteiger partial charge is 0.392 e. The number of nitrogen functional groups attached to an aromatic ring is 1. The van der Waals surface area contributed by atoms with Crippen LogP contribution in [0.25, 0.3) is 0 Å². The summed E-state index contributed by atoms with van der Waals surface area (Å²) >= 11 is 0. The molecule has 112 valence electrons. The summed E-state index contributed by atoms with van der Waals surface area (Å²) in [5.74, 6) is -0.168. The van der Waals surface area contributed by atoms with E-state index in [0.717, 1.165) is 4.57 Å². The summed E-state index contributed by atoms with van der Waals surface area (Å²) in [5.41, 5.74) is 7.98. The van der Waals surface area contributed by atoms with Gasteiger partial charge in [0.15, 0.2) is 11.8 Å². The van der Waals surface area contributed by atoms with Gasteiger partial charge < -0.3 is 26.4 Å². The molecule has 1 saturated heterocycles. The number of nitrogens with two attached hydrogens (primary N) is 2. The number of aliphatic hydroxyl groups excluding tert-OH is 2. The van der Waals surface area contributed by atoms with Crippen LogP contribution in [-0.2, 0) is 9.53 Å². The number of aliphatic hydroxyl groups is 2. The molecule has 2 heterocycles. The smallest absolute Gasteiger partial charge is 0.351 e. The normalized spacial score (nSPS) is 31.8. The van der Waals surface area contributed by atoms with Gasteiger partial charge in [-0.2, -0.15) is 4.98 Å². The number of hydrogen-bond donors (Lipinski definition) is 4. The first-order chi connectivity index (χ1) is 9.86. The van der Waals surface area contributed by atoms with Crippen molar-refractivity contribution in [2.45, 2.75) is 17.9 Å². The Labute approximate surface area is 119 Å². The van der Waals surface area contributed by atoms with Gasteiger partial charge in [0.1, 0.15) is 17.8 Å². The van der Waals surface area contributed by atoms with E-state index in [-0.39, 0.29) is 5.82 Å². The van der Waals surface area contributed by atoms with E-state index in [1.54, 1.807) is 0 Å². The third-order valence-corrected chi connectivity index (χ3v) is 3.39. The van der Waals surface area contributed by atoms with Gasteiger partial charge in [-0.15, -0.1) is 6.42 Å². The molecule has 4 atom stereocenters. The molecule has 1 fully saturated rings. The highest BCUT2D eigenvalue weighted by atomic mass is 16.6. The quantitative estimate of drug-likeness (QED) is 0.438. The highest BCUT2D eigenvalue weighted by Crippen LogP contribution is 2.40. The molecule has 1 aliphatic heterocycles. The highest BCUT2D eigenvalue weighted by Gasteiger charge is 2.56. The van der Waals surface area contributed by atoms with Crippen LogP contribution in [0.1, 0.15) is 6.23 Å². The van der Waals surface area contributed by atoms with Crippen LogP contribution in [0, 0.1) is 18.3 Å². The molecule has 0 aromatic carbocycles. The number of nitrogens with zero attached hydrogens (tertiary/aromatic N) is 2. The average Bonchev–Trinajstić information content (AvgIpc) is 2.72. The van der Waals surface area contributed by atoms with E-state index in [1.807, 2.05) is 0 Å². The van der Waals surface area contributed by atoms with Gasteiger partial charge >= 0.3 is 5.69 Å². The maximum atomic E-state index is 11.8. The van der Waals surface area contributed by atoms with Gasteiger partial charge in [-0.3, -0.25) is 9.36 Å². The van der Waals surface area contributed by atoms with E-state index in [9.17, 15) is 19.8 Å². The Hall–Kier alpha value is -2.41. The van der Waals surface area contributed by atoms with Crippen LogP contribution in [0.3, 0.4) is 0 Å². The lowest BCUT2D eigenvalue weighted by Crippen LogP contribution is -2.46. The second-order valence-corrected chi connectivity index (χ2v) is 4.62. The fourth-order valence-corrected chi connectivity index (χ4v) is 2.25. The van der Waals surface area contributed by atoms with Crippen LogP contribution in [0.2, 0.25) is 0 Å². The highest BCUT2D eigenvalue weighted by molar-refractivity contribution is 5.78. The zero-order valence-electron chi connectivity index (χ0n) is 10.8. The lowest BCUT2D eigenvalue weighted by molar-refractivity contribution is -0.127. The van der Waals surface area contributed by atoms with Crippen molar-refractivity contribution in [2.24, 2.45) is 11.7 Å². The molecule has 1 aromatic rings. The van der Waals surface area contributed by atoms with Gasteiger partial charge in [0, 0.05) is 6.20 Å². The predicted molar refractivity (Wildman–Crippen MR) is 70.4 cm³/mol. The van der Waals surface area contributed by atoms with Crippen molar-refractivity contribution in [3.8, 4) is 12.3 Å². The Morgan fingerprint density at radius 3 is 2.81 bits per heavy atom. The van der Waals surface area contributed by atoms with Crippen molar-refractivity contribution in [2.75, 3.05) is 12.3 Å². The molecule has 1 aromatic heterocycles. The van der Waals surface area contributed by atoms with Crippen LogP contribution < -0.4 is 17.2 Å². The molecule has 21 heavy (non-hydrogen) atoms. The summed E-state index contributed by atoms with van der Waals surface area (Å²) < 4.78 is 6.32. The molecule has 0 spiro atoms. The van der Waals surface area contributed by atoms with Crippen LogP contribution in [-0.4, -0.2) is 44.0 Å². The number of terminal acetylenes is 1. The van der Waals surface area contributed by atoms with E-state index in [1.165, 1.54) is 12.3 Å². The average molecular weight is 294 g/mol. The lowest BCUT2D eigenvalue weighted by atomic mass is 9.90. The molecular weight excluding hydrogens is 280 g/mol. The fraction of sp³-hybridized carbons (Fsp3) is 0.417. The first kappa shape index (κ1) is 15.0. The van der Waals surface area contributed by atoms with Crippen LogP contribution in [0.15, 0.2) is 17.1 Å². The van der Waals surface area contributed by atoms with Gasteiger partial charge in [0.2, 0.25) is 5.91 Å². The van der Waals surface area contributed by atoms with E-state index in [4.69, 9.17) is 22.6 Å². The first-order valence-electron chi connectivity index (χ1n) is 5.95. The standard InChI is InChI=1S/C12H14N4O5/c1-2-12(5-17)8(18)7(9(14)19)10(21-12)16-4-3-6(13)15-11(16)20/h1,3-4,7-8,10,17-18H,5H2,(H2,14,19)(H2,13,15,20)/t7-,8+,10-,12-/m1/s1. The van der Waals surface area contributed by atoms with Gasteiger partial charge in [-0.05, 0) is 6.07 Å². The molecule has 2 rings (SSSR count). The van der Waals surface area contributed by atoms with Gasteiger partial charge in [0.05, 0.1) is 6.61 Å². The lowest BCUT2D eigenvalue weighted by Gasteiger charge is -2.23. The maximum Gasteiger partial charge on any atom is 0.351 e. The zero-order chi connectivity index (χ0) is 15.8. The second-order valence-electron chi connectivity index (χ2n) is 4.62. The Balaban J connectivity index is 2.54. The third kappa shape index (κ3) is 2.25. The molecule has 9 heteroatoms. The zero-order valence-corrected chi connectivity index (χ0v) is 10.8. The molecule has 1 aliphatic rings. The van der Waals surface area contributed by atoms with Crippen molar-refractivity contribution in [3.63, 3.8) is 0 Å². The summed E-state index contributed by atoms with van der Waals surface area (Å²) in [5, 5.41) is 19.5. The molecule has 0 saturated carbocycles. The molecule has 6 N–H and O–H groups in total. The number of aromatic nitrogens is 2. The van der Waals surface area contributed by atoms with Crippen molar-refractivity contribution in [1.82, 2.24) is 9.55 Å². The molecule has 1 amide bonds. The minimum Gasteiger partial charge on any atom is -0.392 e. The SMILES string of the molecule is C#C[C@]1(CO)O[C@@H](n2ccc(N)nc2=O)[C@@H](C(N)=O)[C@@H]1O. The van der Waals surface area contributed by atoms with Crippen LogP contribution in [0.5, 0.6) is 0 Å². The summed E-state index contributed by atoms with van der Waals surface area (Å²) in [4.78, 5) is 26.9. The van der Waals surface area contributed by atoms with Gasteiger partial charge in [-0.25, -0.2) is 4.79 Å². The van der Waals surface area contributed by atoms with E-state index in [2.05, 4.69) is 10.9 Å². The number of primary amides is 1. The van der Waals surface area contributed by atoms with E-state index >= 15 is 0 Å². The minimum absolute atomic E-state index is 0.0178. The Morgan fingerprint density at radius 1 is 1.67 bits per heavy atom. The van der Waals surface area contributed by atoms with Crippen molar-refractivity contribution >= 4 is 11.7 Å². The predicted octanol–water partition coefficient (Wildman–Crippen LogP) is -2.82. The Bertz CT molecular complexity index is 666. The number of carbonyl (C=O) groups is 1. The topological polar surface area (TPSA) is 154 Å². The molecular formula is C12H14N4O5. The molecule has 0 radical (unpaired) electrons. The van der Waals surface area contributed by atoms with Gasteiger partial charge in [-0.1, -0.05) is 5.92 Å². The van der Waals surface area contributed by atoms with Crippen LogP contribution in [0.4, 0.5) is 5.82 Å². The minimum atomic E-state index is -1.83. The van der Waals surface area contributed by atoms with Crippen molar-refractivity contribution < 1.29 is 19.7 Å². The number of carbonyl (C=O) groups excluding carboxylic acids is 1. The maximum absolute atomic E-state index is 11.8. The monoisotopic (exact) mass is 294 g/mol. The molecule has 0 aliphatic carbocycles. The van der Waals surface area contributed by atoms with E-state index < -0.39 is 42.1 Å². The summed E-state index contributed by atoms with van der Waals surface area (Å²) in [7, 11) is 0. The summed E-state index contributed by atoms with van der Waals surface area (Å²) in [6.45, 7) is -0.748. The number of amides is 1. The summed E-state index contributed by atoms with van der Waals surface area (Å²) in [6, 6.07) is 1.31. The Kier molecular flexibility index (Phi) is 3.69. The number of ether oxygens (including phenoxy) is 1. The number of hydrogen-bond acceptors (Lipinski definition) is 7. The van der Waals surface area contributed by atoms with Gasteiger partial charge in [0.25, 0.3) is 0 Å². The molecule has 9 nitrogen and oxygen atoms in total. The summed E-state index contributed by atoms with van der Waals surface area (Å²) in [6.07, 6.45) is 3.64. The third-order valence-electron chi connectivity index (χ3n) is 3.39. The Morgan fingerprint density at radius 2 is 2.33 bits per heavy atom. The van der Waals surface area contributed by atoms with Crippen molar-refractivity contribution in [1.29, 1.82) is 0 Å².